The van der Waals surface area contributed by atoms with Crippen LogP contribution in [0.5, 0.6) is 5.75 Å². The highest BCUT2D eigenvalue weighted by atomic mass is 32.2. The summed E-state index contributed by atoms with van der Waals surface area (Å²) in [4.78, 5) is 12.5. The summed E-state index contributed by atoms with van der Waals surface area (Å²) >= 11 is 1.59. The maximum absolute atomic E-state index is 11.4. The molecule has 0 radical (unpaired) electrons. The number of benzene rings is 1. The zero-order chi connectivity index (χ0) is 13.7. The van der Waals surface area contributed by atoms with Crippen LogP contribution in [-0.4, -0.2) is 13.0 Å². The number of hydrazine groups is 1. The molecule has 0 aliphatic rings. The van der Waals surface area contributed by atoms with Gasteiger partial charge in [-0.15, -0.1) is 11.8 Å². The van der Waals surface area contributed by atoms with Crippen molar-refractivity contribution in [2.45, 2.75) is 10.6 Å². The monoisotopic (exact) mass is 278 g/mol. The standard InChI is InChI=1S/C13H14N2O3S/c1-17-10-3-2-4-11(7-10)19-8-9-5-6-18-12(9)13(16)15-14/h2-7H,8,14H2,1H3,(H,15,16). The highest BCUT2D eigenvalue weighted by Crippen LogP contribution is 2.27. The van der Waals surface area contributed by atoms with E-state index in [4.69, 9.17) is 15.0 Å². The number of carbonyl (C=O) groups is 1. The molecule has 0 saturated carbocycles. The molecule has 0 aliphatic heterocycles. The average molecular weight is 278 g/mol. The zero-order valence-electron chi connectivity index (χ0n) is 10.4. The van der Waals surface area contributed by atoms with Gasteiger partial charge in [-0.25, -0.2) is 5.84 Å². The third kappa shape index (κ3) is 3.30. The molecule has 1 aromatic heterocycles. The highest BCUT2D eigenvalue weighted by molar-refractivity contribution is 7.98. The van der Waals surface area contributed by atoms with Crippen molar-refractivity contribution >= 4 is 17.7 Å². The van der Waals surface area contributed by atoms with Crippen LogP contribution in [0.1, 0.15) is 16.1 Å². The third-order valence-corrected chi connectivity index (χ3v) is 3.56. The number of furan rings is 1. The van der Waals surface area contributed by atoms with Crippen molar-refractivity contribution in [3.8, 4) is 5.75 Å². The summed E-state index contributed by atoms with van der Waals surface area (Å²) in [5, 5.41) is 0. The maximum Gasteiger partial charge on any atom is 0.301 e. The lowest BCUT2D eigenvalue weighted by atomic mass is 10.3. The molecule has 0 spiro atoms. The van der Waals surface area contributed by atoms with E-state index in [1.165, 1.54) is 6.26 Å². The Kier molecular flexibility index (Phi) is 4.48. The number of ether oxygens (including phenoxy) is 1. The number of hydrogen-bond acceptors (Lipinski definition) is 5. The van der Waals surface area contributed by atoms with Gasteiger partial charge in [0.1, 0.15) is 5.75 Å². The lowest BCUT2D eigenvalue weighted by molar-refractivity contribution is 0.0925. The number of thioether (sulfide) groups is 1. The van der Waals surface area contributed by atoms with Crippen LogP contribution in [0.3, 0.4) is 0 Å². The Labute approximate surface area is 115 Å². The molecule has 0 unspecified atom stereocenters. The van der Waals surface area contributed by atoms with Gasteiger partial charge in [-0.3, -0.25) is 10.2 Å². The van der Waals surface area contributed by atoms with Gasteiger partial charge in [-0.05, 0) is 24.3 Å². The Balaban J connectivity index is 2.06. The highest BCUT2D eigenvalue weighted by Gasteiger charge is 2.14. The quantitative estimate of drug-likeness (QED) is 0.379. The van der Waals surface area contributed by atoms with Gasteiger partial charge in [0.2, 0.25) is 0 Å². The molecular formula is C13H14N2O3S. The van der Waals surface area contributed by atoms with Crippen molar-refractivity contribution in [2.24, 2.45) is 5.84 Å². The fourth-order valence-corrected chi connectivity index (χ4v) is 2.49. The summed E-state index contributed by atoms with van der Waals surface area (Å²) in [6.45, 7) is 0. The van der Waals surface area contributed by atoms with Gasteiger partial charge in [0, 0.05) is 16.2 Å². The van der Waals surface area contributed by atoms with Crippen LogP contribution in [0, 0.1) is 0 Å². The number of carbonyl (C=O) groups excluding carboxylic acids is 1. The summed E-state index contributed by atoms with van der Waals surface area (Å²) in [7, 11) is 1.63. The first-order valence-electron chi connectivity index (χ1n) is 5.58. The first-order chi connectivity index (χ1) is 9.24. The minimum Gasteiger partial charge on any atom is -0.497 e. The van der Waals surface area contributed by atoms with Crippen molar-refractivity contribution in [1.29, 1.82) is 0 Å². The smallest absolute Gasteiger partial charge is 0.301 e. The van der Waals surface area contributed by atoms with E-state index in [0.717, 1.165) is 16.2 Å². The van der Waals surface area contributed by atoms with Crippen LogP contribution in [-0.2, 0) is 5.75 Å². The SMILES string of the molecule is COc1cccc(SCc2ccoc2C(=O)NN)c1. The van der Waals surface area contributed by atoms with E-state index in [2.05, 4.69) is 5.43 Å². The second-order valence-electron chi connectivity index (χ2n) is 3.72. The van der Waals surface area contributed by atoms with E-state index >= 15 is 0 Å². The van der Waals surface area contributed by atoms with Crippen molar-refractivity contribution in [3.05, 3.63) is 47.9 Å². The molecule has 0 fully saturated rings. The molecule has 1 heterocycles. The van der Waals surface area contributed by atoms with Crippen molar-refractivity contribution < 1.29 is 13.9 Å². The number of nitrogens with two attached hydrogens (primary N) is 1. The van der Waals surface area contributed by atoms with Crippen molar-refractivity contribution in [1.82, 2.24) is 5.43 Å². The summed E-state index contributed by atoms with van der Waals surface area (Å²) in [5.74, 6) is 6.34. The molecule has 19 heavy (non-hydrogen) atoms. The Morgan fingerprint density at radius 3 is 3.05 bits per heavy atom. The molecule has 2 aromatic rings. The van der Waals surface area contributed by atoms with E-state index in [9.17, 15) is 4.79 Å². The molecule has 0 saturated heterocycles. The minimum atomic E-state index is -0.425. The molecule has 3 N–H and O–H groups in total. The largest absolute Gasteiger partial charge is 0.497 e. The molecular weight excluding hydrogens is 264 g/mol. The fourth-order valence-electron chi connectivity index (χ4n) is 1.57. The second kappa shape index (κ2) is 6.31. The Hall–Kier alpha value is -1.92. The number of nitrogens with one attached hydrogen (secondary N) is 1. The minimum absolute atomic E-state index is 0.248. The number of rotatable bonds is 5. The van der Waals surface area contributed by atoms with Gasteiger partial charge in [0.25, 0.3) is 0 Å². The first-order valence-corrected chi connectivity index (χ1v) is 6.57. The first kappa shape index (κ1) is 13.5. The molecule has 1 amide bonds. The predicted molar refractivity (Wildman–Crippen MR) is 72.9 cm³/mol. The Morgan fingerprint density at radius 1 is 1.47 bits per heavy atom. The van der Waals surface area contributed by atoms with Gasteiger partial charge >= 0.3 is 5.91 Å². The Morgan fingerprint density at radius 2 is 2.32 bits per heavy atom. The van der Waals surface area contributed by atoms with Crippen LogP contribution in [0.25, 0.3) is 0 Å². The summed E-state index contributed by atoms with van der Waals surface area (Å²) in [6, 6.07) is 9.49. The topological polar surface area (TPSA) is 77.5 Å². The van der Waals surface area contributed by atoms with E-state index in [0.29, 0.717) is 5.75 Å². The normalized spacial score (nSPS) is 10.2. The fraction of sp³-hybridized carbons (Fsp3) is 0.154. The van der Waals surface area contributed by atoms with Gasteiger partial charge in [-0.1, -0.05) is 6.07 Å². The molecule has 0 bridgehead atoms. The summed E-state index contributed by atoms with van der Waals surface area (Å²) < 4.78 is 10.3. The molecule has 0 aliphatic carbocycles. The van der Waals surface area contributed by atoms with E-state index < -0.39 is 5.91 Å². The number of methoxy groups -OCH3 is 1. The van der Waals surface area contributed by atoms with Gasteiger partial charge < -0.3 is 9.15 Å². The van der Waals surface area contributed by atoms with Crippen LogP contribution in [0.15, 0.2) is 45.9 Å². The lowest BCUT2D eigenvalue weighted by Crippen LogP contribution is -2.30. The molecule has 0 atom stereocenters. The summed E-state index contributed by atoms with van der Waals surface area (Å²) in [5.41, 5.74) is 2.86. The average Bonchev–Trinajstić information content (AvgIpc) is 2.93. The molecule has 2 rings (SSSR count). The van der Waals surface area contributed by atoms with Crippen LogP contribution in [0.4, 0.5) is 0 Å². The Bertz CT molecular complexity index is 569. The van der Waals surface area contributed by atoms with Crippen molar-refractivity contribution in [3.63, 3.8) is 0 Å². The van der Waals surface area contributed by atoms with Crippen LogP contribution < -0.4 is 16.0 Å². The van der Waals surface area contributed by atoms with Gasteiger partial charge in [0.05, 0.1) is 13.4 Å². The summed E-state index contributed by atoms with van der Waals surface area (Å²) in [6.07, 6.45) is 1.48. The molecule has 6 heteroatoms. The van der Waals surface area contributed by atoms with E-state index in [1.54, 1.807) is 24.9 Å². The zero-order valence-corrected chi connectivity index (χ0v) is 11.2. The van der Waals surface area contributed by atoms with Crippen molar-refractivity contribution in [2.75, 3.05) is 7.11 Å². The third-order valence-electron chi connectivity index (χ3n) is 2.52. The molecule has 5 nitrogen and oxygen atoms in total. The number of hydrogen-bond donors (Lipinski definition) is 2. The second-order valence-corrected chi connectivity index (χ2v) is 4.76. The van der Waals surface area contributed by atoms with Gasteiger partial charge in [0.15, 0.2) is 5.76 Å². The predicted octanol–water partition coefficient (Wildman–Crippen LogP) is 2.18. The number of amides is 1. The van der Waals surface area contributed by atoms with Crippen LogP contribution >= 0.6 is 11.8 Å². The van der Waals surface area contributed by atoms with Crippen LogP contribution in [0.2, 0.25) is 0 Å². The van der Waals surface area contributed by atoms with E-state index in [1.807, 2.05) is 24.3 Å². The molecule has 1 aromatic carbocycles. The van der Waals surface area contributed by atoms with E-state index in [-0.39, 0.29) is 5.76 Å². The maximum atomic E-state index is 11.4. The lowest BCUT2D eigenvalue weighted by Gasteiger charge is -2.04. The number of nitrogen functional groups attached to an aromatic ring is 1. The van der Waals surface area contributed by atoms with Gasteiger partial charge in [-0.2, -0.15) is 0 Å². The molecule has 100 valence electrons.